The van der Waals surface area contributed by atoms with Gasteiger partial charge in [0.25, 0.3) is 5.91 Å². The Bertz CT molecular complexity index is 991. The van der Waals surface area contributed by atoms with E-state index in [-0.39, 0.29) is 17.6 Å². The molecule has 1 aliphatic heterocycles. The second-order valence-corrected chi connectivity index (χ2v) is 6.06. The fourth-order valence-corrected chi connectivity index (χ4v) is 2.85. The Hall–Kier alpha value is -3.55. The summed E-state index contributed by atoms with van der Waals surface area (Å²) in [6.45, 7) is 2.47. The standard InChI is InChI=1S/C18H17N7O/c1-11-8-22-14(9-21-11)18(26)23-13-4-2-3-12(7-13)15-10-25-6-5-20-17(25)16(19)24-15/h2-9,15H,10H2,1H3,(H2,19,24)(H,23,26). The third-order valence-electron chi connectivity index (χ3n) is 4.15. The van der Waals surface area contributed by atoms with Crippen molar-refractivity contribution in [1.82, 2.24) is 19.5 Å². The van der Waals surface area contributed by atoms with Crippen LogP contribution in [0.2, 0.25) is 0 Å². The molecule has 0 aliphatic carbocycles. The summed E-state index contributed by atoms with van der Waals surface area (Å²) in [7, 11) is 0. The van der Waals surface area contributed by atoms with E-state index in [2.05, 4.69) is 25.3 Å². The number of anilines is 1. The number of hydrogen-bond acceptors (Lipinski definition) is 6. The summed E-state index contributed by atoms with van der Waals surface area (Å²) in [4.78, 5) is 29.2. The Kier molecular flexibility index (Phi) is 3.92. The van der Waals surface area contributed by atoms with Gasteiger partial charge in [-0.1, -0.05) is 12.1 Å². The van der Waals surface area contributed by atoms with Crippen molar-refractivity contribution in [3.8, 4) is 0 Å². The number of fused-ring (bicyclic) bond motifs is 1. The molecule has 0 radical (unpaired) electrons. The maximum absolute atomic E-state index is 12.3. The number of hydrogen-bond donors (Lipinski definition) is 2. The van der Waals surface area contributed by atoms with E-state index in [0.717, 1.165) is 11.3 Å². The molecular formula is C18H17N7O. The second kappa shape index (κ2) is 6.40. The van der Waals surface area contributed by atoms with Crippen LogP contribution in [0, 0.1) is 6.92 Å². The first-order valence-electron chi connectivity index (χ1n) is 8.15. The number of imidazole rings is 1. The Balaban J connectivity index is 1.55. The van der Waals surface area contributed by atoms with E-state index in [9.17, 15) is 4.79 Å². The minimum atomic E-state index is -0.307. The van der Waals surface area contributed by atoms with Crippen LogP contribution in [0.3, 0.4) is 0 Å². The lowest BCUT2D eigenvalue weighted by Gasteiger charge is -2.21. The number of aryl methyl sites for hydroxylation is 1. The SMILES string of the molecule is Cc1cnc(C(=O)Nc2cccc(C3Cn4ccnc4C(N)=N3)c2)cn1. The van der Waals surface area contributed by atoms with Crippen molar-refractivity contribution in [3.05, 3.63) is 71.8 Å². The largest absolute Gasteiger partial charge is 0.381 e. The first-order valence-corrected chi connectivity index (χ1v) is 8.15. The van der Waals surface area contributed by atoms with Gasteiger partial charge in [0.2, 0.25) is 0 Å². The number of nitrogens with zero attached hydrogens (tertiary/aromatic N) is 5. The van der Waals surface area contributed by atoms with E-state index < -0.39 is 0 Å². The molecule has 3 N–H and O–H groups in total. The smallest absolute Gasteiger partial charge is 0.275 e. The molecule has 3 heterocycles. The number of amides is 1. The molecular weight excluding hydrogens is 330 g/mol. The number of aromatic nitrogens is 4. The second-order valence-electron chi connectivity index (χ2n) is 6.06. The highest BCUT2D eigenvalue weighted by molar-refractivity contribution is 6.02. The van der Waals surface area contributed by atoms with Crippen molar-refractivity contribution in [2.45, 2.75) is 19.5 Å². The zero-order valence-corrected chi connectivity index (χ0v) is 14.1. The fourth-order valence-electron chi connectivity index (χ4n) is 2.85. The van der Waals surface area contributed by atoms with Gasteiger partial charge in [0.05, 0.1) is 24.5 Å². The first kappa shape index (κ1) is 15.9. The summed E-state index contributed by atoms with van der Waals surface area (Å²) in [6.07, 6.45) is 6.61. The van der Waals surface area contributed by atoms with Crippen LogP contribution in [0.4, 0.5) is 5.69 Å². The van der Waals surface area contributed by atoms with Gasteiger partial charge >= 0.3 is 0 Å². The predicted molar refractivity (Wildman–Crippen MR) is 96.9 cm³/mol. The Labute approximate surface area is 149 Å². The van der Waals surface area contributed by atoms with Crippen LogP contribution in [0.1, 0.15) is 33.6 Å². The molecule has 0 bridgehead atoms. The molecule has 1 atom stereocenters. The monoisotopic (exact) mass is 347 g/mol. The van der Waals surface area contributed by atoms with Gasteiger partial charge in [0, 0.05) is 24.3 Å². The molecule has 1 amide bonds. The van der Waals surface area contributed by atoms with Crippen LogP contribution in [0.25, 0.3) is 0 Å². The summed E-state index contributed by atoms with van der Waals surface area (Å²) in [5.74, 6) is 0.789. The number of rotatable bonds is 3. The highest BCUT2D eigenvalue weighted by Gasteiger charge is 2.21. The van der Waals surface area contributed by atoms with E-state index in [1.54, 1.807) is 12.4 Å². The maximum Gasteiger partial charge on any atom is 0.275 e. The van der Waals surface area contributed by atoms with E-state index in [1.165, 1.54) is 6.20 Å². The molecule has 0 saturated carbocycles. The number of nitrogens with two attached hydrogens (primary N) is 1. The molecule has 0 saturated heterocycles. The summed E-state index contributed by atoms with van der Waals surface area (Å²) in [5, 5.41) is 2.84. The average molecular weight is 347 g/mol. The van der Waals surface area contributed by atoms with Crippen molar-refractivity contribution in [1.29, 1.82) is 0 Å². The minimum absolute atomic E-state index is 0.132. The molecule has 26 heavy (non-hydrogen) atoms. The normalized spacial score (nSPS) is 15.9. The van der Waals surface area contributed by atoms with Crippen LogP contribution in [-0.2, 0) is 6.54 Å². The number of benzene rings is 1. The van der Waals surface area contributed by atoms with Crippen molar-refractivity contribution < 1.29 is 4.79 Å². The van der Waals surface area contributed by atoms with Gasteiger partial charge in [0.15, 0.2) is 11.7 Å². The Morgan fingerprint density at radius 3 is 2.96 bits per heavy atom. The van der Waals surface area contributed by atoms with Gasteiger partial charge in [-0.15, -0.1) is 0 Å². The molecule has 8 heteroatoms. The molecule has 3 aromatic rings. The zero-order valence-electron chi connectivity index (χ0n) is 14.1. The van der Waals surface area contributed by atoms with Crippen molar-refractivity contribution in [3.63, 3.8) is 0 Å². The van der Waals surface area contributed by atoms with Gasteiger partial charge in [-0.05, 0) is 24.6 Å². The average Bonchev–Trinajstić information content (AvgIpc) is 3.12. The van der Waals surface area contributed by atoms with E-state index in [4.69, 9.17) is 5.73 Å². The Morgan fingerprint density at radius 1 is 1.27 bits per heavy atom. The van der Waals surface area contributed by atoms with Gasteiger partial charge in [-0.3, -0.25) is 14.8 Å². The third-order valence-corrected chi connectivity index (χ3v) is 4.15. The Morgan fingerprint density at radius 2 is 2.15 bits per heavy atom. The van der Waals surface area contributed by atoms with E-state index in [1.807, 2.05) is 42.0 Å². The molecule has 0 spiro atoms. The third kappa shape index (κ3) is 3.04. The number of nitrogens with one attached hydrogen (secondary N) is 1. The molecule has 1 aromatic carbocycles. The maximum atomic E-state index is 12.3. The van der Waals surface area contributed by atoms with Gasteiger partial charge in [0.1, 0.15) is 5.69 Å². The summed E-state index contributed by atoms with van der Waals surface area (Å²) in [5.41, 5.74) is 8.66. The van der Waals surface area contributed by atoms with Gasteiger partial charge in [-0.2, -0.15) is 0 Å². The molecule has 8 nitrogen and oxygen atoms in total. The summed E-state index contributed by atoms with van der Waals surface area (Å²) < 4.78 is 1.97. The highest BCUT2D eigenvalue weighted by atomic mass is 16.1. The first-order chi connectivity index (χ1) is 12.6. The molecule has 4 rings (SSSR count). The van der Waals surface area contributed by atoms with Crippen LogP contribution in [-0.4, -0.2) is 31.3 Å². The highest BCUT2D eigenvalue weighted by Crippen LogP contribution is 2.26. The molecule has 130 valence electrons. The minimum Gasteiger partial charge on any atom is -0.381 e. The van der Waals surface area contributed by atoms with Gasteiger partial charge < -0.3 is 15.6 Å². The molecule has 2 aromatic heterocycles. The van der Waals surface area contributed by atoms with Crippen LogP contribution >= 0.6 is 0 Å². The van der Waals surface area contributed by atoms with Crippen LogP contribution < -0.4 is 11.1 Å². The van der Waals surface area contributed by atoms with Crippen LogP contribution in [0.5, 0.6) is 0 Å². The van der Waals surface area contributed by atoms with E-state index in [0.29, 0.717) is 23.9 Å². The predicted octanol–water partition coefficient (Wildman–Crippen LogP) is 1.69. The lowest BCUT2D eigenvalue weighted by Crippen LogP contribution is -2.27. The van der Waals surface area contributed by atoms with E-state index >= 15 is 0 Å². The topological polar surface area (TPSA) is 111 Å². The summed E-state index contributed by atoms with van der Waals surface area (Å²) in [6, 6.07) is 7.42. The number of carbonyl (C=O) groups is 1. The molecule has 1 aliphatic rings. The zero-order chi connectivity index (χ0) is 18.1. The fraction of sp³-hybridized carbons (Fsp3) is 0.167. The van der Waals surface area contributed by atoms with Crippen LogP contribution in [0.15, 0.2) is 54.0 Å². The number of carbonyl (C=O) groups excluding carboxylic acids is 1. The van der Waals surface area contributed by atoms with Gasteiger partial charge in [-0.25, -0.2) is 9.97 Å². The number of amidine groups is 1. The lowest BCUT2D eigenvalue weighted by atomic mass is 10.1. The number of aliphatic imine (C=N–C) groups is 1. The molecule has 1 unspecified atom stereocenters. The lowest BCUT2D eigenvalue weighted by molar-refractivity contribution is 0.102. The molecule has 0 fully saturated rings. The van der Waals surface area contributed by atoms with Crippen molar-refractivity contribution >= 4 is 17.4 Å². The quantitative estimate of drug-likeness (QED) is 0.749. The summed E-state index contributed by atoms with van der Waals surface area (Å²) >= 11 is 0. The van der Waals surface area contributed by atoms with Crippen molar-refractivity contribution in [2.75, 3.05) is 5.32 Å². The van der Waals surface area contributed by atoms with Crippen molar-refractivity contribution in [2.24, 2.45) is 10.7 Å².